The topological polar surface area (TPSA) is 56.1 Å². The van der Waals surface area contributed by atoms with Gasteiger partial charge in [-0.05, 0) is 79.2 Å². The molecular formula is C48H79N9+4. The predicted octanol–water partition coefficient (Wildman–Crippen LogP) is 9.51. The third-order valence-corrected chi connectivity index (χ3v) is 11.0. The number of rotatable bonds is 16. The van der Waals surface area contributed by atoms with Crippen LogP contribution in [0.15, 0.2) is 130 Å². The second-order valence-corrected chi connectivity index (χ2v) is 15.1. The summed E-state index contributed by atoms with van der Waals surface area (Å²) in [5, 5.41) is 0. The van der Waals surface area contributed by atoms with Gasteiger partial charge in [0.25, 0.3) is 0 Å². The van der Waals surface area contributed by atoms with E-state index in [1.807, 2.05) is 24.9 Å². The van der Waals surface area contributed by atoms with Crippen molar-refractivity contribution in [2.45, 2.75) is 132 Å². The largest absolute Gasteiger partial charge is 0.334 e. The molecular weight excluding hydrogens is 703 g/mol. The second kappa shape index (κ2) is 24.7. The van der Waals surface area contributed by atoms with E-state index >= 15 is 0 Å². The molecule has 6 atom stereocenters. The molecule has 0 saturated carbocycles. The lowest BCUT2D eigenvalue weighted by Crippen LogP contribution is -2.26. The highest BCUT2D eigenvalue weighted by atomic mass is 15.1. The average Bonchev–Trinajstić information content (AvgIpc) is 3.96. The fourth-order valence-corrected chi connectivity index (χ4v) is 7.64. The van der Waals surface area contributed by atoms with Gasteiger partial charge in [-0.1, -0.05) is 50.5 Å². The first-order valence-corrected chi connectivity index (χ1v) is 19.5. The van der Waals surface area contributed by atoms with E-state index in [4.69, 9.17) is 0 Å². The van der Waals surface area contributed by atoms with Crippen molar-refractivity contribution in [1.29, 1.82) is 0 Å². The van der Waals surface area contributed by atoms with E-state index in [9.17, 15) is 0 Å². The van der Waals surface area contributed by atoms with E-state index in [0.29, 0.717) is 35.9 Å². The normalized spacial score (nSPS) is 13.8. The molecule has 0 spiro atoms. The molecule has 6 heterocycles. The molecule has 0 N–H and O–H groups in total. The fraction of sp³-hybridized carbons (Fsp3) is 0.500. The molecule has 6 aromatic heterocycles. The Balaban J connectivity index is 0.000000535. The number of imidazole rings is 3. The summed E-state index contributed by atoms with van der Waals surface area (Å²) in [5.41, 5.74) is 4.27. The summed E-state index contributed by atoms with van der Waals surface area (Å²) in [6.07, 6.45) is 38.0. The van der Waals surface area contributed by atoms with Gasteiger partial charge in [-0.2, -0.15) is 0 Å². The SMILES string of the molecule is C.C.C.C.CCC(CC(CC(C)c1cc[n+](C)cc1)c1cc[n+](C)cc1)c1ccncc1.CCC(CC(CC(C)n1cc[n+](C)c1)n1cc[n+](C)c1)n1ccnc1. The maximum absolute atomic E-state index is 4.23. The number of aryl methyl sites for hydroxylation is 4. The van der Waals surface area contributed by atoms with Gasteiger partial charge in [0, 0.05) is 67.9 Å². The van der Waals surface area contributed by atoms with Crippen LogP contribution in [0.1, 0.15) is 148 Å². The van der Waals surface area contributed by atoms with E-state index < -0.39 is 0 Å². The van der Waals surface area contributed by atoms with Crippen LogP contribution in [0.25, 0.3) is 0 Å². The minimum Gasteiger partial charge on any atom is -0.334 e. The Hall–Kier alpha value is -4.92. The Morgan fingerprint density at radius 3 is 1.53 bits per heavy atom. The van der Waals surface area contributed by atoms with Crippen LogP contribution in [0.2, 0.25) is 0 Å². The van der Waals surface area contributed by atoms with E-state index in [1.165, 1.54) is 23.1 Å². The molecule has 312 valence electrons. The van der Waals surface area contributed by atoms with Crippen molar-refractivity contribution in [2.24, 2.45) is 28.2 Å². The molecule has 0 bridgehead atoms. The van der Waals surface area contributed by atoms with Crippen molar-refractivity contribution in [1.82, 2.24) is 23.7 Å². The summed E-state index contributed by atoms with van der Waals surface area (Å²) in [4.78, 5) is 8.43. The number of nitrogens with zero attached hydrogens (tertiary/aromatic N) is 9. The summed E-state index contributed by atoms with van der Waals surface area (Å²) < 4.78 is 15.3. The molecule has 0 aliphatic heterocycles. The lowest BCUT2D eigenvalue weighted by Gasteiger charge is -2.26. The first-order valence-electron chi connectivity index (χ1n) is 19.5. The summed E-state index contributed by atoms with van der Waals surface area (Å²) in [6, 6.07) is 14.8. The molecule has 6 unspecified atom stereocenters. The van der Waals surface area contributed by atoms with Crippen molar-refractivity contribution in [2.75, 3.05) is 0 Å². The molecule has 0 aromatic carbocycles. The highest BCUT2D eigenvalue weighted by Crippen LogP contribution is 2.38. The fourth-order valence-electron chi connectivity index (χ4n) is 7.64. The second-order valence-electron chi connectivity index (χ2n) is 15.1. The lowest BCUT2D eigenvalue weighted by molar-refractivity contribution is -0.671. The van der Waals surface area contributed by atoms with E-state index in [0.717, 1.165) is 32.1 Å². The van der Waals surface area contributed by atoms with Crippen molar-refractivity contribution in [3.05, 3.63) is 146 Å². The third-order valence-electron chi connectivity index (χ3n) is 11.0. The van der Waals surface area contributed by atoms with Crippen LogP contribution in [-0.2, 0) is 28.2 Å². The van der Waals surface area contributed by atoms with Crippen molar-refractivity contribution in [3.63, 3.8) is 0 Å². The highest BCUT2D eigenvalue weighted by Gasteiger charge is 2.27. The van der Waals surface area contributed by atoms with Crippen LogP contribution in [0.4, 0.5) is 0 Å². The predicted molar refractivity (Wildman–Crippen MR) is 236 cm³/mol. The zero-order valence-corrected chi connectivity index (χ0v) is 33.4. The molecule has 6 rings (SSSR count). The van der Waals surface area contributed by atoms with Crippen LogP contribution in [0.5, 0.6) is 0 Å². The molecule has 0 aliphatic rings. The summed E-state index contributed by atoms with van der Waals surface area (Å²) >= 11 is 0. The number of hydrogen-bond donors (Lipinski definition) is 0. The monoisotopic (exact) mass is 782 g/mol. The van der Waals surface area contributed by atoms with Gasteiger partial charge >= 0.3 is 0 Å². The Kier molecular flexibility index (Phi) is 21.7. The highest BCUT2D eigenvalue weighted by molar-refractivity contribution is 5.22. The summed E-state index contributed by atoms with van der Waals surface area (Å²) in [7, 11) is 8.30. The standard InChI is InChI=1S/C25H33N3.C19H30N6.4CH4/c1-5-21(23-6-12-26-13-7-23)19-25(24-10-16-28(4)17-11-24)18-20(2)22-8-14-27(3)15-9-22;1-5-18(23-7-6-20-14-23)13-19(25-11-9-22(4)16-25)12-17(2)24-10-8-21(3)15-24;;;;/h6-17,20-21,25H,5,18-19H2,1-4H3;6-11,14-19H,5,12-13H2,1-4H3;4*1H4/q2*+2;;;;. The van der Waals surface area contributed by atoms with Crippen LogP contribution in [0, 0.1) is 0 Å². The number of aromatic nitrogens is 9. The third kappa shape index (κ3) is 14.5. The van der Waals surface area contributed by atoms with E-state index in [-0.39, 0.29) is 29.7 Å². The summed E-state index contributed by atoms with van der Waals surface area (Å²) in [6.45, 7) is 9.22. The quantitative estimate of drug-likeness (QED) is 0.0920. The van der Waals surface area contributed by atoms with Gasteiger partial charge in [-0.25, -0.2) is 32.4 Å². The summed E-state index contributed by atoms with van der Waals surface area (Å²) in [5.74, 6) is 1.61. The first kappa shape index (κ1) is 50.1. The molecule has 9 heteroatoms. The Bertz CT molecular complexity index is 1890. The maximum atomic E-state index is 4.23. The van der Waals surface area contributed by atoms with Crippen LogP contribution in [-0.4, -0.2) is 23.7 Å². The van der Waals surface area contributed by atoms with Gasteiger partial charge in [-0.15, -0.1) is 0 Å². The van der Waals surface area contributed by atoms with Crippen molar-refractivity contribution < 1.29 is 18.3 Å². The Morgan fingerprint density at radius 2 is 1.04 bits per heavy atom. The van der Waals surface area contributed by atoms with E-state index in [1.54, 1.807) is 0 Å². The Morgan fingerprint density at radius 1 is 0.491 bits per heavy atom. The van der Waals surface area contributed by atoms with Crippen LogP contribution in [0.3, 0.4) is 0 Å². The van der Waals surface area contributed by atoms with Gasteiger partial charge in [-0.3, -0.25) is 4.98 Å². The van der Waals surface area contributed by atoms with Gasteiger partial charge < -0.3 is 4.57 Å². The molecule has 57 heavy (non-hydrogen) atoms. The number of hydrogen-bond acceptors (Lipinski definition) is 2. The van der Waals surface area contributed by atoms with Crippen molar-refractivity contribution >= 4 is 0 Å². The first-order chi connectivity index (χ1) is 25.6. The minimum atomic E-state index is 0. The average molecular weight is 782 g/mol. The zero-order chi connectivity index (χ0) is 37.7. The maximum Gasteiger partial charge on any atom is 0.243 e. The smallest absolute Gasteiger partial charge is 0.243 e. The van der Waals surface area contributed by atoms with Gasteiger partial charge in [0.2, 0.25) is 12.7 Å². The molecule has 0 aliphatic carbocycles. The van der Waals surface area contributed by atoms with Gasteiger partial charge in [0.05, 0.1) is 20.4 Å². The molecule has 0 radical (unpaired) electrons. The van der Waals surface area contributed by atoms with Gasteiger partial charge in [0.15, 0.2) is 24.8 Å². The molecule has 0 saturated heterocycles. The molecule has 6 aromatic rings. The molecule has 9 nitrogen and oxygen atoms in total. The van der Waals surface area contributed by atoms with Crippen LogP contribution < -0.4 is 18.3 Å². The molecule has 0 fully saturated rings. The van der Waals surface area contributed by atoms with E-state index in [2.05, 4.69) is 203 Å². The number of pyridine rings is 3. The zero-order valence-electron chi connectivity index (χ0n) is 33.4. The Labute approximate surface area is 347 Å². The van der Waals surface area contributed by atoms with Crippen molar-refractivity contribution in [3.8, 4) is 0 Å². The lowest BCUT2D eigenvalue weighted by atomic mass is 9.79. The molecule has 0 amide bonds. The van der Waals surface area contributed by atoms with Gasteiger partial charge in [0.1, 0.15) is 51.0 Å². The van der Waals surface area contributed by atoms with Crippen LogP contribution >= 0.6 is 0 Å². The minimum absolute atomic E-state index is 0.